The van der Waals surface area contributed by atoms with Crippen molar-refractivity contribution in [3.05, 3.63) is 29.8 Å². The molecule has 2 aromatic rings. The number of anilines is 1. The van der Waals surface area contributed by atoms with Gasteiger partial charge in [-0.05, 0) is 25.5 Å². The standard InChI is InChI=1S/C15H19N3O4S2/c1-3-5-10-24(20,21)15-18-17-14(23-15)16-13(19)11-8-6-7-9-12(11)22-4-2/h6-9H,3-5,10H2,1-2H3,(H,16,17,19). The maximum absolute atomic E-state index is 12.3. The lowest BCUT2D eigenvalue weighted by Crippen LogP contribution is -2.13. The molecule has 130 valence electrons. The van der Waals surface area contributed by atoms with Gasteiger partial charge in [0.05, 0.1) is 17.9 Å². The molecule has 0 spiro atoms. The van der Waals surface area contributed by atoms with Crippen molar-refractivity contribution in [1.29, 1.82) is 0 Å². The van der Waals surface area contributed by atoms with Gasteiger partial charge in [-0.15, -0.1) is 10.2 Å². The van der Waals surface area contributed by atoms with Crippen molar-refractivity contribution in [2.24, 2.45) is 0 Å². The van der Waals surface area contributed by atoms with E-state index in [1.807, 2.05) is 13.8 Å². The maximum Gasteiger partial charge on any atom is 0.261 e. The highest BCUT2D eigenvalue weighted by Gasteiger charge is 2.21. The van der Waals surface area contributed by atoms with E-state index in [0.717, 1.165) is 17.8 Å². The molecule has 0 atom stereocenters. The number of para-hydroxylation sites is 1. The molecule has 1 heterocycles. The van der Waals surface area contributed by atoms with E-state index in [9.17, 15) is 13.2 Å². The molecule has 1 aromatic carbocycles. The first-order valence-electron chi connectivity index (χ1n) is 7.57. The second kappa shape index (κ2) is 8.20. The van der Waals surface area contributed by atoms with Crippen LogP contribution in [-0.2, 0) is 9.84 Å². The predicted octanol–water partition coefficient (Wildman–Crippen LogP) is 2.76. The SMILES string of the molecule is CCCCS(=O)(=O)c1nnc(NC(=O)c2ccccc2OCC)s1. The Morgan fingerprint density at radius 2 is 2.00 bits per heavy atom. The van der Waals surface area contributed by atoms with Crippen LogP contribution < -0.4 is 10.1 Å². The Morgan fingerprint density at radius 3 is 2.71 bits per heavy atom. The van der Waals surface area contributed by atoms with Gasteiger partial charge in [0.1, 0.15) is 5.75 Å². The van der Waals surface area contributed by atoms with Crippen LogP contribution >= 0.6 is 11.3 Å². The van der Waals surface area contributed by atoms with Crippen LogP contribution in [-0.4, -0.2) is 36.9 Å². The molecule has 24 heavy (non-hydrogen) atoms. The van der Waals surface area contributed by atoms with Crippen LogP contribution in [0.3, 0.4) is 0 Å². The number of hydrogen-bond donors (Lipinski definition) is 1. The highest BCUT2D eigenvalue weighted by atomic mass is 32.2. The van der Waals surface area contributed by atoms with Gasteiger partial charge in [-0.3, -0.25) is 10.1 Å². The Labute approximate surface area is 145 Å². The number of sulfone groups is 1. The molecule has 9 heteroatoms. The van der Waals surface area contributed by atoms with E-state index in [-0.39, 0.29) is 15.2 Å². The summed E-state index contributed by atoms with van der Waals surface area (Å²) in [5.41, 5.74) is 0.352. The van der Waals surface area contributed by atoms with Gasteiger partial charge in [0.15, 0.2) is 0 Å². The zero-order valence-electron chi connectivity index (χ0n) is 13.5. The van der Waals surface area contributed by atoms with E-state index in [1.54, 1.807) is 24.3 Å². The molecular formula is C15H19N3O4S2. The summed E-state index contributed by atoms with van der Waals surface area (Å²) in [5.74, 6) is 0.0599. The van der Waals surface area contributed by atoms with Crippen LogP contribution in [0.15, 0.2) is 28.6 Å². The zero-order valence-corrected chi connectivity index (χ0v) is 15.1. The molecule has 0 aliphatic heterocycles. The maximum atomic E-state index is 12.3. The highest BCUT2D eigenvalue weighted by Crippen LogP contribution is 2.24. The summed E-state index contributed by atoms with van der Waals surface area (Å²) < 4.78 is 29.5. The van der Waals surface area contributed by atoms with Crippen LogP contribution in [0.5, 0.6) is 5.75 Å². The van der Waals surface area contributed by atoms with E-state index < -0.39 is 15.7 Å². The minimum absolute atomic E-state index is 0.0270. The quantitative estimate of drug-likeness (QED) is 0.719. The Kier molecular flexibility index (Phi) is 6.27. The summed E-state index contributed by atoms with van der Waals surface area (Å²) in [6.45, 7) is 4.17. The first kappa shape index (κ1) is 18.3. The van der Waals surface area contributed by atoms with Gasteiger partial charge in [-0.1, -0.05) is 36.8 Å². The monoisotopic (exact) mass is 369 g/mol. The fourth-order valence-electron chi connectivity index (χ4n) is 1.91. The second-order valence-electron chi connectivity index (χ2n) is 4.93. The number of ether oxygens (including phenoxy) is 1. The molecule has 0 saturated carbocycles. The van der Waals surface area contributed by atoms with Crippen molar-refractivity contribution < 1.29 is 17.9 Å². The Balaban J connectivity index is 2.14. The fraction of sp³-hybridized carbons (Fsp3) is 0.400. The van der Waals surface area contributed by atoms with Crippen LogP contribution in [0, 0.1) is 0 Å². The minimum Gasteiger partial charge on any atom is -0.493 e. The van der Waals surface area contributed by atoms with E-state index in [0.29, 0.717) is 24.3 Å². The Hall–Kier alpha value is -2.00. The number of nitrogens with one attached hydrogen (secondary N) is 1. The number of benzene rings is 1. The largest absolute Gasteiger partial charge is 0.493 e. The summed E-state index contributed by atoms with van der Waals surface area (Å²) in [5, 5.41) is 10.1. The molecule has 1 amide bonds. The average molecular weight is 369 g/mol. The van der Waals surface area contributed by atoms with Gasteiger partial charge in [-0.25, -0.2) is 8.42 Å². The molecule has 1 aromatic heterocycles. The lowest BCUT2D eigenvalue weighted by molar-refractivity contribution is 0.102. The predicted molar refractivity (Wildman–Crippen MR) is 92.4 cm³/mol. The van der Waals surface area contributed by atoms with Crippen LogP contribution in [0.1, 0.15) is 37.0 Å². The number of rotatable bonds is 8. The van der Waals surface area contributed by atoms with Crippen LogP contribution in [0.2, 0.25) is 0 Å². The highest BCUT2D eigenvalue weighted by molar-refractivity contribution is 7.93. The summed E-state index contributed by atoms with van der Waals surface area (Å²) in [6, 6.07) is 6.81. The van der Waals surface area contributed by atoms with Crippen molar-refractivity contribution in [3.8, 4) is 5.75 Å². The van der Waals surface area contributed by atoms with Gasteiger partial charge in [0.2, 0.25) is 19.3 Å². The van der Waals surface area contributed by atoms with E-state index in [1.165, 1.54) is 0 Å². The van der Waals surface area contributed by atoms with E-state index in [2.05, 4.69) is 15.5 Å². The summed E-state index contributed by atoms with van der Waals surface area (Å²) >= 11 is 0.850. The molecule has 0 fully saturated rings. The molecule has 0 bridgehead atoms. The van der Waals surface area contributed by atoms with Gasteiger partial charge < -0.3 is 4.74 Å². The number of carbonyl (C=O) groups excluding carboxylic acids is 1. The zero-order chi connectivity index (χ0) is 17.6. The molecule has 0 aliphatic carbocycles. The molecule has 7 nitrogen and oxygen atoms in total. The van der Waals surface area contributed by atoms with Crippen molar-refractivity contribution in [2.45, 2.75) is 31.0 Å². The van der Waals surface area contributed by atoms with Crippen LogP contribution in [0.4, 0.5) is 5.13 Å². The number of unbranched alkanes of at least 4 members (excludes halogenated alkanes) is 1. The van der Waals surface area contributed by atoms with Crippen molar-refractivity contribution in [1.82, 2.24) is 10.2 Å². The third kappa shape index (κ3) is 4.51. The third-order valence-electron chi connectivity index (χ3n) is 3.09. The summed E-state index contributed by atoms with van der Waals surface area (Å²) in [6.07, 6.45) is 1.33. The number of nitrogens with zero attached hydrogens (tertiary/aromatic N) is 2. The summed E-state index contributed by atoms with van der Waals surface area (Å²) in [7, 11) is -3.45. The Morgan fingerprint density at radius 1 is 1.25 bits per heavy atom. The van der Waals surface area contributed by atoms with Gasteiger partial charge in [-0.2, -0.15) is 0 Å². The molecule has 2 rings (SSSR count). The second-order valence-corrected chi connectivity index (χ2v) is 8.19. The number of aromatic nitrogens is 2. The molecule has 0 saturated heterocycles. The van der Waals surface area contributed by atoms with Crippen molar-refractivity contribution >= 4 is 32.2 Å². The molecule has 0 unspecified atom stereocenters. The first-order chi connectivity index (χ1) is 11.5. The number of carbonyl (C=O) groups is 1. The minimum atomic E-state index is -3.45. The average Bonchev–Trinajstić information content (AvgIpc) is 3.03. The van der Waals surface area contributed by atoms with Crippen molar-refractivity contribution in [2.75, 3.05) is 17.7 Å². The summed E-state index contributed by atoms with van der Waals surface area (Å²) in [4.78, 5) is 12.3. The van der Waals surface area contributed by atoms with Crippen molar-refractivity contribution in [3.63, 3.8) is 0 Å². The molecule has 0 aliphatic rings. The lowest BCUT2D eigenvalue weighted by Gasteiger charge is -2.08. The lowest BCUT2D eigenvalue weighted by atomic mass is 10.2. The fourth-order valence-corrected chi connectivity index (χ4v) is 4.38. The Bertz CT molecular complexity index is 803. The van der Waals surface area contributed by atoms with Gasteiger partial charge >= 0.3 is 0 Å². The van der Waals surface area contributed by atoms with Gasteiger partial charge in [0, 0.05) is 0 Å². The number of hydrogen-bond acceptors (Lipinski definition) is 7. The smallest absolute Gasteiger partial charge is 0.261 e. The first-order valence-corrected chi connectivity index (χ1v) is 10.0. The van der Waals surface area contributed by atoms with Gasteiger partial charge in [0.25, 0.3) is 5.91 Å². The van der Waals surface area contributed by atoms with E-state index in [4.69, 9.17) is 4.74 Å². The number of amides is 1. The molecule has 0 radical (unpaired) electrons. The topological polar surface area (TPSA) is 98.3 Å². The van der Waals surface area contributed by atoms with E-state index >= 15 is 0 Å². The van der Waals surface area contributed by atoms with Crippen LogP contribution in [0.25, 0.3) is 0 Å². The molecule has 1 N–H and O–H groups in total. The normalized spacial score (nSPS) is 11.2. The third-order valence-corrected chi connectivity index (χ3v) is 6.18. The molecular weight excluding hydrogens is 350 g/mol.